The van der Waals surface area contributed by atoms with Gasteiger partial charge in [0.25, 0.3) is 0 Å². The van der Waals surface area contributed by atoms with Gasteiger partial charge < -0.3 is 16.0 Å². The van der Waals surface area contributed by atoms with Gasteiger partial charge in [-0.15, -0.1) is 0 Å². The van der Waals surface area contributed by atoms with Crippen molar-refractivity contribution in [3.8, 4) is 55.6 Å². The van der Waals surface area contributed by atoms with E-state index >= 15 is 0 Å². The van der Waals surface area contributed by atoms with Crippen LogP contribution in [0.4, 0.5) is 34.1 Å². The molecule has 0 amide bonds. The number of nitrogens with two attached hydrogens (primary N) is 1. The Morgan fingerprint density at radius 1 is 0.211 bits per heavy atom. The van der Waals surface area contributed by atoms with E-state index in [0.717, 1.165) is 37.4 Å². The number of fused-ring (bicyclic) bond motifs is 24. The third kappa shape index (κ3) is 14.7. The summed E-state index contributed by atoms with van der Waals surface area (Å²) >= 11 is 7.38. The van der Waals surface area contributed by atoms with Gasteiger partial charge in [-0.1, -0.05) is 486 Å². The second kappa shape index (κ2) is 35.7. The fourth-order valence-corrected chi connectivity index (χ4v) is 25.2. The molecule has 28 rings (SSSR count). The Hall–Kier alpha value is -16.0. The number of nitrogens with one attached hydrogen (secondary N) is 1. The average Bonchev–Trinajstić information content (AvgIpc) is 1.54. The summed E-state index contributed by atoms with van der Waals surface area (Å²) in [6, 6.07) is 181. The minimum absolute atomic E-state index is 0.0171. The van der Waals surface area contributed by atoms with Crippen LogP contribution in [-0.2, 0) is 27.1 Å². The lowest BCUT2D eigenvalue weighted by Crippen LogP contribution is -2.28. The zero-order chi connectivity index (χ0) is 96.2. The topological polar surface area (TPSA) is 41.3 Å². The maximum Gasteiger partial charge on any atom is 0.0714 e. The molecule has 5 aliphatic carbocycles. The zero-order valence-corrected chi connectivity index (χ0v) is 83.3. The molecular formula is C137H103Br2N3. The van der Waals surface area contributed by atoms with Crippen LogP contribution >= 0.6 is 31.9 Å². The van der Waals surface area contributed by atoms with Gasteiger partial charge in [0.1, 0.15) is 0 Å². The van der Waals surface area contributed by atoms with Crippen LogP contribution in [-0.4, -0.2) is 0 Å². The lowest BCUT2D eigenvalue weighted by Gasteiger charge is -2.34. The largest absolute Gasteiger partial charge is 0.399 e. The van der Waals surface area contributed by atoms with Crippen LogP contribution in [0.2, 0.25) is 0 Å². The SMILES string of the molecule is Brc1cccc2c1-c1ccccc1C2(c1ccccc1)c1ccccc1.CC1(C)c2ccccc2-c2ccc(Br)cc21.CC1(C)c2ccccc2-c2ccc(N(c3ccc4ccc5ccccc5c4c3)c3cccc4c3-c3ccccc3C4(c3ccccc3)c3ccccc3)cc21.CC1(C)c2ccccc2-c2ccc(Nc3ccc4ccc5ccccc5c4c3)cc21.Nc1ccc2ccc3ccccc3c2c1. The van der Waals surface area contributed by atoms with Crippen molar-refractivity contribution in [3.63, 3.8) is 0 Å². The maximum atomic E-state index is 5.81. The molecule has 5 heteroatoms. The van der Waals surface area contributed by atoms with E-state index < -0.39 is 5.41 Å². The summed E-state index contributed by atoms with van der Waals surface area (Å²) in [6.45, 7) is 14.0. The molecule has 3 nitrogen and oxygen atoms in total. The molecule has 0 atom stereocenters. The van der Waals surface area contributed by atoms with E-state index in [-0.39, 0.29) is 21.7 Å². The molecule has 23 aromatic rings. The van der Waals surface area contributed by atoms with Crippen molar-refractivity contribution in [2.75, 3.05) is 16.0 Å². The molecule has 23 aromatic carbocycles. The predicted octanol–water partition coefficient (Wildman–Crippen LogP) is 37.3. The van der Waals surface area contributed by atoms with Gasteiger partial charge in [0, 0.05) is 64.8 Å². The zero-order valence-electron chi connectivity index (χ0n) is 80.1. The minimum atomic E-state index is -0.489. The molecule has 142 heavy (non-hydrogen) atoms. The highest BCUT2D eigenvalue weighted by molar-refractivity contribution is 9.10. The van der Waals surface area contributed by atoms with Crippen LogP contribution in [0, 0.1) is 0 Å². The summed E-state index contributed by atoms with van der Waals surface area (Å²) in [5.41, 5.74) is 43.7. The van der Waals surface area contributed by atoms with Gasteiger partial charge in [0.15, 0.2) is 0 Å². The summed E-state index contributed by atoms with van der Waals surface area (Å²) in [5, 5.41) is 18.8. The van der Waals surface area contributed by atoms with Crippen molar-refractivity contribution in [3.05, 3.63) is 584 Å². The van der Waals surface area contributed by atoms with E-state index in [0.29, 0.717) is 0 Å². The lowest BCUT2D eigenvalue weighted by atomic mass is 9.68. The van der Waals surface area contributed by atoms with Crippen molar-refractivity contribution < 1.29 is 0 Å². The molecule has 0 saturated heterocycles. The molecule has 3 N–H and O–H groups in total. The molecule has 0 aliphatic heterocycles. The third-order valence-corrected chi connectivity index (χ3v) is 32.0. The van der Waals surface area contributed by atoms with E-state index in [1.165, 1.54) is 204 Å². The smallest absolute Gasteiger partial charge is 0.0714 e. The van der Waals surface area contributed by atoms with Crippen molar-refractivity contribution in [1.29, 1.82) is 0 Å². The number of nitrogen functional groups attached to an aromatic ring is 1. The monoisotopic (exact) mass is 1950 g/mol. The Bertz CT molecular complexity index is 8820. The van der Waals surface area contributed by atoms with Gasteiger partial charge in [-0.25, -0.2) is 0 Å². The van der Waals surface area contributed by atoms with Crippen LogP contribution in [0.15, 0.2) is 506 Å². The average molecular weight is 1950 g/mol. The van der Waals surface area contributed by atoms with Gasteiger partial charge in [-0.2, -0.15) is 0 Å². The van der Waals surface area contributed by atoms with Crippen LogP contribution in [0.5, 0.6) is 0 Å². The van der Waals surface area contributed by atoms with E-state index in [4.69, 9.17) is 5.73 Å². The molecule has 0 radical (unpaired) electrons. The molecule has 0 aromatic heterocycles. The predicted molar refractivity (Wildman–Crippen MR) is 609 cm³/mol. The van der Waals surface area contributed by atoms with Crippen molar-refractivity contribution in [2.45, 2.75) is 68.6 Å². The highest BCUT2D eigenvalue weighted by atomic mass is 79.9. The number of halogens is 2. The Balaban J connectivity index is 0.000000105. The van der Waals surface area contributed by atoms with E-state index in [1.54, 1.807) is 0 Å². The molecule has 5 aliphatic rings. The number of nitrogens with zero attached hydrogens (tertiary/aromatic N) is 1. The molecule has 0 fully saturated rings. The Morgan fingerprint density at radius 2 is 0.521 bits per heavy atom. The summed E-state index contributed by atoms with van der Waals surface area (Å²) in [5.74, 6) is 0. The highest BCUT2D eigenvalue weighted by Gasteiger charge is 2.50. The molecule has 0 spiro atoms. The van der Waals surface area contributed by atoms with Gasteiger partial charge in [0.2, 0.25) is 0 Å². The molecule has 0 heterocycles. The second-order valence-corrected chi connectivity index (χ2v) is 41.5. The molecule has 680 valence electrons. The third-order valence-electron chi connectivity index (χ3n) is 30.9. The molecular weight excluding hydrogens is 1850 g/mol. The fraction of sp³-hybridized carbons (Fsp3) is 0.0803. The van der Waals surface area contributed by atoms with Crippen LogP contribution in [0.3, 0.4) is 0 Å². The number of anilines is 6. The first-order chi connectivity index (χ1) is 69.4. The van der Waals surface area contributed by atoms with Crippen molar-refractivity contribution in [2.24, 2.45) is 0 Å². The van der Waals surface area contributed by atoms with Crippen LogP contribution in [0.25, 0.3) is 120 Å². The Morgan fingerprint density at radius 3 is 1.01 bits per heavy atom. The summed E-state index contributed by atoms with van der Waals surface area (Å²) in [7, 11) is 0. The summed E-state index contributed by atoms with van der Waals surface area (Å²) in [6.07, 6.45) is 0. The Labute approximate surface area is 848 Å². The second-order valence-electron chi connectivity index (χ2n) is 39.8. The first-order valence-corrected chi connectivity index (χ1v) is 50.8. The van der Waals surface area contributed by atoms with E-state index in [1.807, 2.05) is 12.1 Å². The van der Waals surface area contributed by atoms with Crippen LogP contribution < -0.4 is 16.0 Å². The quantitative estimate of drug-likeness (QED) is 0.112. The maximum absolute atomic E-state index is 5.81. The number of hydrogen-bond acceptors (Lipinski definition) is 3. The highest BCUT2D eigenvalue weighted by Crippen LogP contribution is 2.63. The number of hydrogen-bond donors (Lipinski definition) is 2. The van der Waals surface area contributed by atoms with Crippen molar-refractivity contribution >= 4 is 131 Å². The normalized spacial score (nSPS) is 13.9. The number of rotatable bonds is 9. The van der Waals surface area contributed by atoms with Crippen LogP contribution in [0.1, 0.15) is 119 Å². The van der Waals surface area contributed by atoms with E-state index in [9.17, 15) is 0 Å². The lowest BCUT2D eigenvalue weighted by molar-refractivity contribution is 0.660. The van der Waals surface area contributed by atoms with Gasteiger partial charge in [0.05, 0.1) is 16.5 Å². The summed E-state index contributed by atoms with van der Waals surface area (Å²) < 4.78 is 2.31. The van der Waals surface area contributed by atoms with Gasteiger partial charge in [-0.3, -0.25) is 0 Å². The number of benzene rings is 23. The first-order valence-electron chi connectivity index (χ1n) is 49.2. The molecule has 0 unspecified atom stereocenters. The van der Waals surface area contributed by atoms with Gasteiger partial charge >= 0.3 is 0 Å². The fourth-order valence-electron chi connectivity index (χ4n) is 24.2. The minimum Gasteiger partial charge on any atom is -0.399 e. The first kappa shape index (κ1) is 88.7. The standard InChI is InChI=1S/C54H39N.C29H23N.C25H17Br.C15H13Br.C14H11N/c1-53(2)47-24-13-11-22-43(47)44-33-32-41(35-50(44)53)55(40-31-30-37-29-28-36-16-9-10-21-42(36)46(37)34-40)51-27-15-26-49-52(51)45-23-12-14-25-48(45)54(49,38-17-5-3-6-18-38)39-19-7-4-8-20-39;1-29(2)27-10-6-5-9-24(27)25-16-15-22(18-28(25)29)30-21-14-13-20-12-11-19-7-3-4-8-23(19)26(20)17-21;26-23-17-9-16-22-24(23)20-14-7-8-15-21(20)25(22,18-10-3-1-4-11-18)19-12-5-2-6-13-19;1-15(2)13-6-4-3-5-11(13)12-8-7-10(16)9-14(12)15;15-12-8-7-11-6-5-10-3-1-2-4-13(10)14(11)9-12/h3-35H,1-2H3;3-18,30H,1-2H3;1-17H;3-9H,1-2H3;1-9H,15H2. The summed E-state index contributed by atoms with van der Waals surface area (Å²) in [4.78, 5) is 2.53. The Kier molecular flexibility index (Phi) is 22.3. The van der Waals surface area contributed by atoms with Gasteiger partial charge in [-0.05, 0) is 272 Å². The van der Waals surface area contributed by atoms with E-state index in [2.05, 4.69) is 569 Å². The molecule has 0 saturated carbocycles. The molecule has 0 bridgehead atoms. The van der Waals surface area contributed by atoms with Crippen molar-refractivity contribution in [1.82, 2.24) is 0 Å².